The van der Waals surface area contributed by atoms with Crippen molar-refractivity contribution in [3.05, 3.63) is 90.1 Å². The number of hydrogen-bond acceptors (Lipinski definition) is 5. The summed E-state index contributed by atoms with van der Waals surface area (Å²) in [6, 6.07) is 18.2. The quantitative estimate of drug-likeness (QED) is 0.381. The molecule has 0 spiro atoms. The molecule has 0 saturated heterocycles. The van der Waals surface area contributed by atoms with Crippen molar-refractivity contribution >= 4 is 17.4 Å². The maximum Gasteiger partial charge on any atom is 0.200 e. The van der Waals surface area contributed by atoms with Crippen LogP contribution in [-0.2, 0) is 12.3 Å². The first kappa shape index (κ1) is 17.8. The highest BCUT2D eigenvalue weighted by molar-refractivity contribution is 7.98. The summed E-state index contributed by atoms with van der Waals surface area (Å²) in [5.74, 6) is 2.16. The van der Waals surface area contributed by atoms with Gasteiger partial charge < -0.3 is 8.82 Å². The molecule has 0 atom stereocenters. The molecular weight excluding hydrogens is 382 g/mol. The lowest BCUT2D eigenvalue weighted by Crippen LogP contribution is -2.04. The highest BCUT2D eigenvalue weighted by Crippen LogP contribution is 2.27. The van der Waals surface area contributed by atoms with E-state index in [1.54, 1.807) is 18.0 Å². The number of furan rings is 1. The van der Waals surface area contributed by atoms with Crippen molar-refractivity contribution in [3.8, 4) is 11.6 Å². The zero-order valence-corrected chi connectivity index (χ0v) is 16.7. The highest BCUT2D eigenvalue weighted by atomic mass is 32.2. The molecule has 1 aromatic carbocycles. The summed E-state index contributed by atoms with van der Waals surface area (Å²) in [5, 5.41) is 9.67. The molecule has 0 fully saturated rings. The lowest BCUT2D eigenvalue weighted by Gasteiger charge is -2.09. The third-order valence-corrected chi connectivity index (χ3v) is 5.72. The van der Waals surface area contributed by atoms with Gasteiger partial charge in [0.15, 0.2) is 10.9 Å². The number of aromatic nitrogens is 5. The fourth-order valence-corrected chi connectivity index (χ4v) is 4.13. The van der Waals surface area contributed by atoms with Gasteiger partial charge in [-0.2, -0.15) is 0 Å². The van der Waals surface area contributed by atoms with Gasteiger partial charge in [0.2, 0.25) is 5.82 Å². The van der Waals surface area contributed by atoms with E-state index in [9.17, 15) is 0 Å². The lowest BCUT2D eigenvalue weighted by atomic mass is 10.2. The van der Waals surface area contributed by atoms with Gasteiger partial charge in [-0.15, -0.1) is 10.2 Å². The van der Waals surface area contributed by atoms with E-state index in [1.807, 2.05) is 42.6 Å². The minimum atomic E-state index is 0.677. The average molecular weight is 401 g/mol. The number of aryl methyl sites for hydroxylation is 1. The molecule has 0 aliphatic heterocycles. The molecule has 0 radical (unpaired) electrons. The topological polar surface area (TPSA) is 61.1 Å². The summed E-state index contributed by atoms with van der Waals surface area (Å²) in [6.45, 7) is 2.75. The summed E-state index contributed by atoms with van der Waals surface area (Å²) in [6.07, 6.45) is 5.75. The number of pyridine rings is 1. The Morgan fingerprint density at radius 1 is 1.00 bits per heavy atom. The molecule has 0 amide bonds. The number of benzene rings is 1. The Kier molecular flexibility index (Phi) is 4.65. The summed E-state index contributed by atoms with van der Waals surface area (Å²) in [4.78, 5) is 4.76. The van der Waals surface area contributed by atoms with Crippen molar-refractivity contribution in [3.63, 3.8) is 0 Å². The van der Waals surface area contributed by atoms with Crippen LogP contribution in [0.25, 0.3) is 17.2 Å². The van der Waals surface area contributed by atoms with Crippen LogP contribution in [0, 0.1) is 6.92 Å². The monoisotopic (exact) mass is 401 g/mol. The largest absolute Gasteiger partial charge is 0.461 e. The van der Waals surface area contributed by atoms with Gasteiger partial charge in [-0.3, -0.25) is 4.57 Å². The number of thioether (sulfide) groups is 1. The number of rotatable bonds is 6. The predicted octanol–water partition coefficient (Wildman–Crippen LogP) is 4.83. The maximum atomic E-state index is 5.58. The second-order valence-corrected chi connectivity index (χ2v) is 7.74. The first-order chi connectivity index (χ1) is 14.3. The number of fused-ring (bicyclic) bond motifs is 1. The zero-order chi connectivity index (χ0) is 19.6. The number of imidazole rings is 1. The van der Waals surface area contributed by atoms with E-state index in [1.165, 1.54) is 5.56 Å². The Bertz CT molecular complexity index is 1240. The van der Waals surface area contributed by atoms with Crippen LogP contribution >= 0.6 is 11.8 Å². The third kappa shape index (κ3) is 3.56. The second-order valence-electron chi connectivity index (χ2n) is 6.80. The molecule has 0 aliphatic rings. The predicted molar refractivity (Wildman–Crippen MR) is 113 cm³/mol. The molecule has 5 rings (SSSR count). The van der Waals surface area contributed by atoms with Crippen molar-refractivity contribution in [1.82, 2.24) is 24.1 Å². The van der Waals surface area contributed by atoms with Crippen LogP contribution in [0.2, 0.25) is 0 Å². The normalized spacial score (nSPS) is 11.3. The van der Waals surface area contributed by atoms with Gasteiger partial charge >= 0.3 is 0 Å². The van der Waals surface area contributed by atoms with Gasteiger partial charge in [0, 0.05) is 18.1 Å². The second kappa shape index (κ2) is 7.60. The van der Waals surface area contributed by atoms with Crippen molar-refractivity contribution in [1.29, 1.82) is 0 Å². The van der Waals surface area contributed by atoms with Crippen molar-refractivity contribution < 1.29 is 4.42 Å². The minimum absolute atomic E-state index is 0.677. The fraction of sp³-hybridized carbons (Fsp3) is 0.136. The van der Waals surface area contributed by atoms with Gasteiger partial charge in [0.1, 0.15) is 5.65 Å². The SMILES string of the molecule is Cc1cccn2cc(CSc3nnc(-c4ccco4)n3Cc3ccccc3)nc12. The number of hydrogen-bond donors (Lipinski definition) is 0. The maximum absolute atomic E-state index is 5.58. The molecule has 0 unspecified atom stereocenters. The van der Waals surface area contributed by atoms with Crippen LogP contribution < -0.4 is 0 Å². The molecule has 0 N–H and O–H groups in total. The van der Waals surface area contributed by atoms with E-state index < -0.39 is 0 Å². The van der Waals surface area contributed by atoms with Crippen LogP contribution in [-0.4, -0.2) is 24.1 Å². The fourth-order valence-electron chi connectivity index (χ4n) is 3.30. The summed E-state index contributed by atoms with van der Waals surface area (Å²) >= 11 is 1.63. The molecular formula is C22H19N5OS. The Morgan fingerprint density at radius 2 is 1.90 bits per heavy atom. The van der Waals surface area contributed by atoms with Crippen LogP contribution in [0.1, 0.15) is 16.8 Å². The van der Waals surface area contributed by atoms with Gasteiger partial charge in [-0.1, -0.05) is 48.2 Å². The Balaban J connectivity index is 1.45. The van der Waals surface area contributed by atoms with Crippen molar-refractivity contribution in [2.75, 3.05) is 0 Å². The summed E-state index contributed by atoms with van der Waals surface area (Å²) in [5.41, 5.74) is 4.35. The summed E-state index contributed by atoms with van der Waals surface area (Å²) in [7, 11) is 0. The van der Waals surface area contributed by atoms with Gasteiger partial charge in [-0.25, -0.2) is 4.98 Å². The molecule has 6 nitrogen and oxygen atoms in total. The Morgan fingerprint density at radius 3 is 2.69 bits per heavy atom. The molecule has 29 heavy (non-hydrogen) atoms. The third-order valence-electron chi connectivity index (χ3n) is 4.72. The van der Waals surface area contributed by atoms with E-state index in [-0.39, 0.29) is 0 Å². The zero-order valence-electron chi connectivity index (χ0n) is 15.9. The van der Waals surface area contributed by atoms with Gasteiger partial charge in [0.25, 0.3) is 0 Å². The first-order valence-corrected chi connectivity index (χ1v) is 10.3. The molecule has 0 saturated carbocycles. The lowest BCUT2D eigenvalue weighted by molar-refractivity contribution is 0.569. The van der Waals surface area contributed by atoms with Crippen molar-refractivity contribution in [2.24, 2.45) is 0 Å². The Labute approximate surface area is 172 Å². The first-order valence-electron chi connectivity index (χ1n) is 9.35. The average Bonchev–Trinajstić information content (AvgIpc) is 3.47. The van der Waals surface area contributed by atoms with E-state index in [2.05, 4.69) is 50.5 Å². The standard InChI is InChI=1S/C22H19N5OS/c1-16-7-5-11-26-14-18(23-20(16)26)15-29-22-25-24-21(19-10-6-12-28-19)27(22)13-17-8-3-2-4-9-17/h2-12,14H,13,15H2,1H3. The van der Waals surface area contributed by atoms with Gasteiger partial charge in [-0.05, 0) is 36.2 Å². The minimum Gasteiger partial charge on any atom is -0.461 e. The van der Waals surface area contributed by atoms with E-state index in [4.69, 9.17) is 9.40 Å². The molecule has 144 valence electrons. The smallest absolute Gasteiger partial charge is 0.200 e. The van der Waals surface area contributed by atoms with Gasteiger partial charge in [0.05, 0.1) is 18.5 Å². The molecule has 0 bridgehead atoms. The van der Waals surface area contributed by atoms with Crippen molar-refractivity contribution in [2.45, 2.75) is 24.4 Å². The molecule has 0 aliphatic carbocycles. The molecule has 4 aromatic heterocycles. The van der Waals surface area contributed by atoms with Crippen LogP contribution in [0.4, 0.5) is 0 Å². The summed E-state index contributed by atoms with van der Waals surface area (Å²) < 4.78 is 9.74. The van der Waals surface area contributed by atoms with E-state index in [0.29, 0.717) is 18.1 Å². The van der Waals surface area contributed by atoms with Crippen LogP contribution in [0.3, 0.4) is 0 Å². The van der Waals surface area contributed by atoms with Crippen LogP contribution in [0.5, 0.6) is 0 Å². The van der Waals surface area contributed by atoms with E-state index >= 15 is 0 Å². The van der Waals surface area contributed by atoms with E-state index in [0.717, 1.165) is 27.9 Å². The Hall–Kier alpha value is -3.32. The molecule has 4 heterocycles. The molecule has 5 aromatic rings. The van der Waals surface area contributed by atoms with Crippen LogP contribution in [0.15, 0.2) is 82.8 Å². The number of nitrogens with zero attached hydrogens (tertiary/aromatic N) is 5. The molecule has 7 heteroatoms. The highest BCUT2D eigenvalue weighted by Gasteiger charge is 2.17.